The van der Waals surface area contributed by atoms with Gasteiger partial charge in [0.25, 0.3) is 0 Å². The molecule has 4 nitrogen and oxygen atoms in total. The Balaban J connectivity index is 1.21. The van der Waals surface area contributed by atoms with Crippen LogP contribution in [0.15, 0.2) is 170 Å². The Morgan fingerprint density at radius 1 is 0.321 bits per heavy atom. The monoisotopic (exact) mass is 672 g/mol. The molecule has 0 bridgehead atoms. The molecule has 5 aromatic heterocycles. The molecule has 13 rings (SSSR count). The first-order chi connectivity index (χ1) is 26.3. The Morgan fingerprint density at radius 2 is 0.868 bits per heavy atom. The van der Waals surface area contributed by atoms with Crippen molar-refractivity contribution in [1.82, 2.24) is 18.5 Å². The molecule has 0 saturated heterocycles. The normalized spacial score (nSPS) is 12.5. The minimum absolute atomic E-state index is 1.11. The zero-order valence-corrected chi connectivity index (χ0v) is 28.5. The average Bonchev–Trinajstić information content (AvgIpc) is 3.96. The lowest BCUT2D eigenvalue weighted by Gasteiger charge is -2.14. The van der Waals surface area contributed by atoms with E-state index in [0.29, 0.717) is 0 Å². The Morgan fingerprint density at radius 3 is 1.68 bits per heavy atom. The van der Waals surface area contributed by atoms with Crippen LogP contribution in [0.5, 0.6) is 0 Å². The number of para-hydroxylation sites is 3. The number of nitrogens with zero attached hydrogens (tertiary/aromatic N) is 4. The van der Waals surface area contributed by atoms with Crippen LogP contribution >= 0.6 is 0 Å². The standard InChI is InChI=1S/C49H28N4/c1-2-11-32-29(10-1)20-25-40-45-44-39-17-9-16-36-34-13-6-8-19-42(34)53(47(36)39)49(44)38-15-4-3-14-37(38)48(45)52(46(32)40)31-23-21-30(22-24-31)51-41-18-7-5-12-33(41)35-26-27-50-28-43(35)51/h1-28H. The second-order valence-corrected chi connectivity index (χ2v) is 14.3. The lowest BCUT2D eigenvalue weighted by molar-refractivity contribution is 1.14. The van der Waals surface area contributed by atoms with E-state index in [1.54, 1.807) is 0 Å². The average molecular weight is 673 g/mol. The highest BCUT2D eigenvalue weighted by Crippen LogP contribution is 2.49. The van der Waals surface area contributed by atoms with E-state index in [-0.39, 0.29) is 0 Å². The topological polar surface area (TPSA) is 27.2 Å². The van der Waals surface area contributed by atoms with Crippen LogP contribution < -0.4 is 0 Å². The summed E-state index contributed by atoms with van der Waals surface area (Å²) in [7, 11) is 0. The van der Waals surface area contributed by atoms with E-state index in [2.05, 4.69) is 176 Å². The van der Waals surface area contributed by atoms with Crippen LogP contribution in [0, 0.1) is 0 Å². The fraction of sp³-hybridized carbons (Fsp3) is 0. The highest BCUT2D eigenvalue weighted by molar-refractivity contribution is 6.40. The van der Waals surface area contributed by atoms with Gasteiger partial charge >= 0.3 is 0 Å². The molecule has 0 aliphatic carbocycles. The second-order valence-electron chi connectivity index (χ2n) is 14.3. The van der Waals surface area contributed by atoms with Crippen molar-refractivity contribution in [2.75, 3.05) is 0 Å². The van der Waals surface area contributed by atoms with Crippen LogP contribution in [0.25, 0.3) is 115 Å². The summed E-state index contributed by atoms with van der Waals surface area (Å²) in [4.78, 5) is 4.52. The summed E-state index contributed by atoms with van der Waals surface area (Å²) in [6.07, 6.45) is 3.87. The third kappa shape index (κ3) is 3.34. The van der Waals surface area contributed by atoms with Crippen LogP contribution in [-0.2, 0) is 0 Å². The summed E-state index contributed by atoms with van der Waals surface area (Å²) in [5.74, 6) is 0. The highest BCUT2D eigenvalue weighted by atomic mass is 15.0. The maximum Gasteiger partial charge on any atom is 0.0724 e. The Labute approximate surface area is 302 Å². The van der Waals surface area contributed by atoms with Crippen LogP contribution in [0.4, 0.5) is 0 Å². The smallest absolute Gasteiger partial charge is 0.0724 e. The van der Waals surface area contributed by atoms with Gasteiger partial charge in [0.15, 0.2) is 0 Å². The molecule has 0 N–H and O–H groups in total. The fourth-order valence-electron chi connectivity index (χ4n) is 9.76. The van der Waals surface area contributed by atoms with E-state index in [4.69, 9.17) is 0 Å². The number of rotatable bonds is 2. The molecule has 0 unspecified atom stereocenters. The van der Waals surface area contributed by atoms with Gasteiger partial charge in [-0.05, 0) is 47.9 Å². The lowest BCUT2D eigenvalue weighted by Crippen LogP contribution is -1.98. The van der Waals surface area contributed by atoms with Crippen molar-refractivity contribution in [3.63, 3.8) is 0 Å². The molecule has 0 saturated carbocycles. The minimum Gasteiger partial charge on any atom is -0.308 e. The summed E-state index contributed by atoms with van der Waals surface area (Å²) in [6, 6.07) is 58.1. The molecule has 0 aliphatic heterocycles. The first kappa shape index (κ1) is 27.5. The van der Waals surface area contributed by atoms with Crippen molar-refractivity contribution in [3.05, 3.63) is 170 Å². The van der Waals surface area contributed by atoms with E-state index in [9.17, 15) is 0 Å². The first-order valence-electron chi connectivity index (χ1n) is 18.2. The molecule has 13 aromatic rings. The molecular weight excluding hydrogens is 645 g/mol. The van der Waals surface area contributed by atoms with Gasteiger partial charge < -0.3 is 13.5 Å². The van der Waals surface area contributed by atoms with Gasteiger partial charge in [-0.25, -0.2) is 0 Å². The van der Waals surface area contributed by atoms with Crippen LogP contribution in [0.3, 0.4) is 0 Å². The van der Waals surface area contributed by atoms with Crippen molar-refractivity contribution < 1.29 is 0 Å². The van der Waals surface area contributed by atoms with E-state index < -0.39 is 0 Å². The van der Waals surface area contributed by atoms with Crippen LogP contribution in [0.2, 0.25) is 0 Å². The molecule has 8 aromatic carbocycles. The number of benzene rings is 8. The largest absolute Gasteiger partial charge is 0.308 e. The molecule has 0 radical (unpaired) electrons. The molecule has 0 atom stereocenters. The van der Waals surface area contributed by atoms with Crippen LogP contribution in [-0.4, -0.2) is 18.5 Å². The Kier molecular flexibility index (Phi) is 5.08. The van der Waals surface area contributed by atoms with Crippen molar-refractivity contribution in [2.45, 2.75) is 0 Å². The maximum absolute atomic E-state index is 4.52. The van der Waals surface area contributed by atoms with Gasteiger partial charge in [0.2, 0.25) is 0 Å². The van der Waals surface area contributed by atoms with Crippen molar-refractivity contribution in [3.8, 4) is 11.4 Å². The van der Waals surface area contributed by atoms with E-state index in [1.165, 1.54) is 97.7 Å². The van der Waals surface area contributed by atoms with Gasteiger partial charge in [-0.3, -0.25) is 4.98 Å². The molecule has 4 heteroatoms. The zero-order valence-electron chi connectivity index (χ0n) is 28.5. The van der Waals surface area contributed by atoms with Gasteiger partial charge in [-0.1, -0.05) is 115 Å². The van der Waals surface area contributed by atoms with Gasteiger partial charge in [-0.15, -0.1) is 0 Å². The van der Waals surface area contributed by atoms with Gasteiger partial charge in [-0.2, -0.15) is 0 Å². The Bertz CT molecular complexity index is 3620. The zero-order chi connectivity index (χ0) is 34.4. The predicted octanol–water partition coefficient (Wildman–Crippen LogP) is 12.7. The van der Waals surface area contributed by atoms with Crippen molar-refractivity contribution in [1.29, 1.82) is 0 Å². The summed E-state index contributed by atoms with van der Waals surface area (Å²) in [5.41, 5.74) is 10.8. The number of fused-ring (bicyclic) bond motifs is 18. The van der Waals surface area contributed by atoms with Crippen molar-refractivity contribution in [2.24, 2.45) is 0 Å². The van der Waals surface area contributed by atoms with E-state index >= 15 is 0 Å². The van der Waals surface area contributed by atoms with Gasteiger partial charge in [0.05, 0.1) is 44.8 Å². The summed E-state index contributed by atoms with van der Waals surface area (Å²) < 4.78 is 7.42. The fourth-order valence-corrected chi connectivity index (χ4v) is 9.76. The number of pyridine rings is 1. The molecule has 0 fully saturated rings. The van der Waals surface area contributed by atoms with Crippen LogP contribution in [0.1, 0.15) is 0 Å². The molecular formula is C49H28N4. The predicted molar refractivity (Wildman–Crippen MR) is 223 cm³/mol. The minimum atomic E-state index is 1.11. The van der Waals surface area contributed by atoms with E-state index in [0.717, 1.165) is 16.9 Å². The summed E-state index contributed by atoms with van der Waals surface area (Å²) in [5, 5.41) is 15.2. The van der Waals surface area contributed by atoms with Crippen molar-refractivity contribution >= 4 is 103 Å². The first-order valence-corrected chi connectivity index (χ1v) is 18.2. The summed E-state index contributed by atoms with van der Waals surface area (Å²) in [6.45, 7) is 0. The summed E-state index contributed by atoms with van der Waals surface area (Å²) >= 11 is 0. The second kappa shape index (κ2) is 9.78. The lowest BCUT2D eigenvalue weighted by atomic mass is 9.97. The maximum atomic E-state index is 4.52. The molecule has 0 aliphatic rings. The molecule has 53 heavy (non-hydrogen) atoms. The molecule has 5 heterocycles. The number of hydrogen-bond acceptors (Lipinski definition) is 1. The molecule has 0 spiro atoms. The highest BCUT2D eigenvalue weighted by Gasteiger charge is 2.26. The molecule has 0 amide bonds. The quantitative estimate of drug-likeness (QED) is 0.180. The third-order valence-electron chi connectivity index (χ3n) is 11.8. The SMILES string of the molecule is c1ccc2c(c1)ccc1c3c4c5cccc6c7ccccc7n(c65)c4c4ccccc4c3n(-c3ccc(-n4c5ccccc5c5ccncc54)cc3)c21. The van der Waals surface area contributed by atoms with Gasteiger partial charge in [0, 0.05) is 76.8 Å². The molecule has 244 valence electrons. The third-order valence-corrected chi connectivity index (χ3v) is 11.8. The van der Waals surface area contributed by atoms with Gasteiger partial charge in [0.1, 0.15) is 0 Å². The number of hydrogen-bond donors (Lipinski definition) is 0. The Hall–Kier alpha value is -7.17. The number of aromatic nitrogens is 4. The van der Waals surface area contributed by atoms with E-state index in [1.807, 2.05) is 12.4 Å².